The first kappa shape index (κ1) is 12.3. The summed E-state index contributed by atoms with van der Waals surface area (Å²) in [4.78, 5) is 27.1. The van der Waals surface area contributed by atoms with Crippen LogP contribution in [0.4, 0.5) is 0 Å². The molecule has 0 aromatic rings. The number of likely N-dealkylation sites (N-methyl/N-ethyl adjacent to an activating group) is 2. The molecule has 2 fully saturated rings. The van der Waals surface area contributed by atoms with Crippen LogP contribution in [0.3, 0.4) is 0 Å². The van der Waals surface area contributed by atoms with Crippen LogP contribution < -0.4 is 0 Å². The molecule has 0 aromatic heterocycles. The highest BCUT2D eigenvalue weighted by atomic mass is 16.5. The molecule has 96 valence electrons. The fourth-order valence-electron chi connectivity index (χ4n) is 2.38. The summed E-state index contributed by atoms with van der Waals surface area (Å²) in [6.07, 6.45) is 0.898. The zero-order valence-corrected chi connectivity index (χ0v) is 10.2. The SMILES string of the molecule is CN1CCC(N(C)C(=O)C2(C(=O)O)COC2)C1. The summed E-state index contributed by atoms with van der Waals surface area (Å²) in [6, 6.07) is 0.115. The standard InChI is InChI=1S/C11H18N2O4/c1-12-4-3-8(5-12)13(2)9(14)11(10(15)16)6-17-7-11/h8H,3-7H2,1-2H3,(H,15,16). The van der Waals surface area contributed by atoms with Gasteiger partial charge in [-0.1, -0.05) is 0 Å². The Morgan fingerprint density at radius 1 is 1.47 bits per heavy atom. The van der Waals surface area contributed by atoms with Crippen molar-refractivity contribution in [1.29, 1.82) is 0 Å². The van der Waals surface area contributed by atoms with Gasteiger partial charge in [-0.05, 0) is 20.0 Å². The maximum atomic E-state index is 12.2. The van der Waals surface area contributed by atoms with Crippen LogP contribution in [0.1, 0.15) is 6.42 Å². The lowest BCUT2D eigenvalue weighted by atomic mass is 9.84. The zero-order chi connectivity index (χ0) is 12.6. The van der Waals surface area contributed by atoms with Crippen molar-refractivity contribution in [1.82, 2.24) is 9.80 Å². The molecule has 6 nitrogen and oxygen atoms in total. The summed E-state index contributed by atoms with van der Waals surface area (Å²) in [5.74, 6) is -1.40. The lowest BCUT2D eigenvalue weighted by molar-refractivity contribution is -0.191. The molecule has 0 bridgehead atoms. The molecule has 1 unspecified atom stereocenters. The fraction of sp³-hybridized carbons (Fsp3) is 0.818. The number of ether oxygens (including phenoxy) is 1. The molecule has 0 aliphatic carbocycles. The van der Waals surface area contributed by atoms with Crippen LogP contribution in [0.15, 0.2) is 0 Å². The van der Waals surface area contributed by atoms with Crippen molar-refractivity contribution in [2.45, 2.75) is 12.5 Å². The third kappa shape index (κ3) is 1.91. The Morgan fingerprint density at radius 2 is 2.12 bits per heavy atom. The van der Waals surface area contributed by atoms with Gasteiger partial charge < -0.3 is 19.6 Å². The van der Waals surface area contributed by atoms with Crippen molar-refractivity contribution < 1.29 is 19.4 Å². The smallest absolute Gasteiger partial charge is 0.324 e. The first-order chi connectivity index (χ1) is 7.97. The van der Waals surface area contributed by atoms with Gasteiger partial charge in [-0.3, -0.25) is 9.59 Å². The maximum absolute atomic E-state index is 12.2. The summed E-state index contributed by atoms with van der Waals surface area (Å²) >= 11 is 0. The van der Waals surface area contributed by atoms with Crippen molar-refractivity contribution in [2.24, 2.45) is 5.41 Å². The predicted molar refractivity (Wildman–Crippen MR) is 59.6 cm³/mol. The quantitative estimate of drug-likeness (QED) is 0.659. The van der Waals surface area contributed by atoms with E-state index in [9.17, 15) is 9.59 Å². The van der Waals surface area contributed by atoms with Crippen LogP contribution in [0.2, 0.25) is 0 Å². The van der Waals surface area contributed by atoms with Crippen molar-refractivity contribution in [3.63, 3.8) is 0 Å². The van der Waals surface area contributed by atoms with E-state index < -0.39 is 11.4 Å². The summed E-state index contributed by atoms with van der Waals surface area (Å²) in [5, 5.41) is 9.16. The number of rotatable bonds is 3. The van der Waals surface area contributed by atoms with Gasteiger partial charge in [0.25, 0.3) is 0 Å². The Morgan fingerprint density at radius 3 is 2.47 bits per heavy atom. The van der Waals surface area contributed by atoms with E-state index in [4.69, 9.17) is 9.84 Å². The molecule has 2 rings (SSSR count). The fourth-order valence-corrected chi connectivity index (χ4v) is 2.38. The third-order valence-electron chi connectivity index (χ3n) is 3.75. The number of hydrogen-bond donors (Lipinski definition) is 1. The molecular formula is C11H18N2O4. The predicted octanol–water partition coefficient (Wildman–Crippen LogP) is -0.750. The number of carboxylic acid groups (broad SMARTS) is 1. The number of carboxylic acids is 1. The minimum atomic E-state index is -1.34. The van der Waals surface area contributed by atoms with Gasteiger partial charge in [0.2, 0.25) is 5.91 Å². The Hall–Kier alpha value is -1.14. The number of aliphatic carboxylic acids is 1. The molecule has 1 atom stereocenters. The van der Waals surface area contributed by atoms with Crippen molar-refractivity contribution >= 4 is 11.9 Å². The second kappa shape index (κ2) is 4.27. The summed E-state index contributed by atoms with van der Waals surface area (Å²) < 4.78 is 4.92. The normalized spacial score (nSPS) is 27.5. The highest BCUT2D eigenvalue weighted by Gasteiger charge is 2.55. The van der Waals surface area contributed by atoms with Crippen LogP contribution in [-0.2, 0) is 14.3 Å². The minimum absolute atomic E-state index is 0.00589. The van der Waals surface area contributed by atoms with E-state index in [2.05, 4.69) is 4.90 Å². The van der Waals surface area contributed by atoms with Crippen LogP contribution in [0.5, 0.6) is 0 Å². The summed E-state index contributed by atoms with van der Waals surface area (Å²) in [6.45, 7) is 1.74. The van der Waals surface area contributed by atoms with Crippen molar-refractivity contribution in [3.05, 3.63) is 0 Å². The molecule has 0 aromatic carbocycles. The van der Waals surface area contributed by atoms with E-state index in [-0.39, 0.29) is 25.2 Å². The third-order valence-corrected chi connectivity index (χ3v) is 3.75. The van der Waals surface area contributed by atoms with Gasteiger partial charge in [-0.15, -0.1) is 0 Å². The topological polar surface area (TPSA) is 70.1 Å². The van der Waals surface area contributed by atoms with Gasteiger partial charge in [0.05, 0.1) is 13.2 Å². The minimum Gasteiger partial charge on any atom is -0.480 e. The number of hydrogen-bond acceptors (Lipinski definition) is 4. The lowest BCUT2D eigenvalue weighted by Gasteiger charge is -2.40. The van der Waals surface area contributed by atoms with Gasteiger partial charge in [0, 0.05) is 19.6 Å². The van der Waals surface area contributed by atoms with E-state index >= 15 is 0 Å². The van der Waals surface area contributed by atoms with Crippen LogP contribution in [-0.4, -0.2) is 73.2 Å². The largest absolute Gasteiger partial charge is 0.480 e. The van der Waals surface area contributed by atoms with Gasteiger partial charge in [-0.25, -0.2) is 0 Å². The Labute approximate surface area is 100 Å². The molecule has 1 N–H and O–H groups in total. The van der Waals surface area contributed by atoms with Gasteiger partial charge in [0.15, 0.2) is 5.41 Å². The zero-order valence-electron chi connectivity index (χ0n) is 10.2. The second-order valence-electron chi connectivity index (χ2n) is 5.00. The average Bonchev–Trinajstić information content (AvgIpc) is 2.61. The molecular weight excluding hydrogens is 224 g/mol. The lowest BCUT2D eigenvalue weighted by Crippen LogP contribution is -2.60. The van der Waals surface area contributed by atoms with Gasteiger partial charge in [-0.2, -0.15) is 0 Å². The number of likely N-dealkylation sites (tertiary alicyclic amines) is 1. The molecule has 2 aliphatic heterocycles. The monoisotopic (exact) mass is 242 g/mol. The maximum Gasteiger partial charge on any atom is 0.324 e. The first-order valence-corrected chi connectivity index (χ1v) is 5.74. The number of nitrogens with zero attached hydrogens (tertiary/aromatic N) is 2. The van der Waals surface area contributed by atoms with E-state index in [1.165, 1.54) is 0 Å². The number of carbonyl (C=O) groups is 2. The van der Waals surface area contributed by atoms with Crippen LogP contribution in [0, 0.1) is 5.41 Å². The number of amides is 1. The number of carbonyl (C=O) groups excluding carboxylic acids is 1. The van der Waals surface area contributed by atoms with E-state index in [1.54, 1.807) is 11.9 Å². The van der Waals surface area contributed by atoms with E-state index in [0.717, 1.165) is 19.5 Å². The Kier molecular flexibility index (Phi) is 3.09. The molecule has 0 spiro atoms. The summed E-state index contributed by atoms with van der Waals surface area (Å²) in [5.41, 5.74) is -1.34. The molecule has 17 heavy (non-hydrogen) atoms. The first-order valence-electron chi connectivity index (χ1n) is 5.74. The molecule has 1 amide bonds. The molecule has 0 saturated carbocycles. The highest BCUT2D eigenvalue weighted by Crippen LogP contribution is 2.31. The molecule has 2 saturated heterocycles. The Balaban J connectivity index is 2.06. The molecule has 6 heteroatoms. The van der Waals surface area contributed by atoms with Gasteiger partial charge >= 0.3 is 5.97 Å². The van der Waals surface area contributed by atoms with E-state index in [0.29, 0.717) is 0 Å². The van der Waals surface area contributed by atoms with E-state index in [1.807, 2.05) is 7.05 Å². The van der Waals surface area contributed by atoms with Crippen molar-refractivity contribution in [3.8, 4) is 0 Å². The summed E-state index contributed by atoms with van der Waals surface area (Å²) in [7, 11) is 3.69. The van der Waals surface area contributed by atoms with Crippen LogP contribution in [0.25, 0.3) is 0 Å². The molecule has 2 aliphatic rings. The Bertz CT molecular complexity index is 340. The second-order valence-corrected chi connectivity index (χ2v) is 5.00. The van der Waals surface area contributed by atoms with Crippen LogP contribution >= 0.6 is 0 Å². The van der Waals surface area contributed by atoms with Gasteiger partial charge in [0.1, 0.15) is 0 Å². The van der Waals surface area contributed by atoms with Crippen molar-refractivity contribution in [2.75, 3.05) is 40.4 Å². The molecule has 0 radical (unpaired) electrons. The average molecular weight is 242 g/mol. The highest BCUT2D eigenvalue weighted by molar-refractivity contribution is 6.03. The molecule has 2 heterocycles.